The van der Waals surface area contributed by atoms with Gasteiger partial charge in [0.15, 0.2) is 0 Å². The van der Waals surface area contributed by atoms with E-state index >= 15 is 0 Å². The van der Waals surface area contributed by atoms with Crippen LogP contribution in [0.1, 0.15) is 52.4 Å². The fourth-order valence-electron chi connectivity index (χ4n) is 2.84. The molecular formula is C14H30N2O2. The van der Waals surface area contributed by atoms with Gasteiger partial charge < -0.3 is 21.7 Å². The first-order valence-corrected chi connectivity index (χ1v) is 7.27. The summed E-state index contributed by atoms with van der Waals surface area (Å²) in [5, 5.41) is 18.5. The molecule has 0 saturated heterocycles. The lowest BCUT2D eigenvalue weighted by Crippen LogP contribution is -2.34. The van der Waals surface area contributed by atoms with Gasteiger partial charge in [0.2, 0.25) is 0 Å². The topological polar surface area (TPSA) is 92.5 Å². The summed E-state index contributed by atoms with van der Waals surface area (Å²) >= 11 is 0. The lowest BCUT2D eigenvalue weighted by Gasteiger charge is -2.28. The SMILES string of the molecule is C[C@@H]1C[C@@H](N)CC[C@H]1O.C[C@H]1C[C@@H](N)CC[C@@H]1O. The van der Waals surface area contributed by atoms with Crippen LogP contribution in [-0.2, 0) is 0 Å². The molecule has 0 amide bonds. The third kappa shape index (κ3) is 5.22. The lowest BCUT2D eigenvalue weighted by atomic mass is 9.85. The van der Waals surface area contributed by atoms with Crippen molar-refractivity contribution >= 4 is 0 Å². The minimum Gasteiger partial charge on any atom is -0.393 e. The Balaban J connectivity index is 0.000000180. The second kappa shape index (κ2) is 7.43. The van der Waals surface area contributed by atoms with Crippen molar-refractivity contribution in [3.63, 3.8) is 0 Å². The zero-order chi connectivity index (χ0) is 13.7. The van der Waals surface area contributed by atoms with Gasteiger partial charge in [-0.2, -0.15) is 0 Å². The summed E-state index contributed by atoms with van der Waals surface area (Å²) in [4.78, 5) is 0. The number of nitrogens with two attached hydrogens (primary N) is 2. The van der Waals surface area contributed by atoms with Crippen LogP contribution in [0.4, 0.5) is 0 Å². The average Bonchev–Trinajstić information content (AvgIpc) is 2.30. The van der Waals surface area contributed by atoms with Crippen LogP contribution in [0.2, 0.25) is 0 Å². The number of aliphatic hydroxyl groups excluding tert-OH is 2. The molecule has 0 aliphatic heterocycles. The van der Waals surface area contributed by atoms with E-state index in [0.29, 0.717) is 23.9 Å². The number of rotatable bonds is 0. The Morgan fingerprint density at radius 3 is 1.28 bits per heavy atom. The highest BCUT2D eigenvalue weighted by Gasteiger charge is 2.23. The van der Waals surface area contributed by atoms with Crippen molar-refractivity contribution < 1.29 is 10.2 Å². The van der Waals surface area contributed by atoms with Gasteiger partial charge in [-0.15, -0.1) is 0 Å². The third-order valence-corrected chi connectivity index (χ3v) is 4.33. The summed E-state index contributed by atoms with van der Waals surface area (Å²) in [6, 6.07) is 0.673. The van der Waals surface area contributed by atoms with Crippen LogP contribution in [0.25, 0.3) is 0 Å². The molecule has 4 nitrogen and oxygen atoms in total. The van der Waals surface area contributed by atoms with Crippen molar-refractivity contribution in [3.05, 3.63) is 0 Å². The van der Waals surface area contributed by atoms with Crippen molar-refractivity contribution in [1.29, 1.82) is 0 Å². The summed E-state index contributed by atoms with van der Waals surface area (Å²) < 4.78 is 0. The predicted octanol–water partition coefficient (Wildman–Crippen LogP) is 0.989. The molecule has 0 aromatic heterocycles. The molecule has 0 radical (unpaired) electrons. The van der Waals surface area contributed by atoms with Crippen LogP contribution in [0.15, 0.2) is 0 Å². The van der Waals surface area contributed by atoms with Crippen LogP contribution in [0.5, 0.6) is 0 Å². The van der Waals surface area contributed by atoms with E-state index in [4.69, 9.17) is 11.5 Å². The Morgan fingerprint density at radius 2 is 1.06 bits per heavy atom. The fraction of sp³-hybridized carbons (Fsp3) is 1.00. The minimum atomic E-state index is -0.0928. The van der Waals surface area contributed by atoms with E-state index in [-0.39, 0.29) is 12.2 Å². The number of hydrogen-bond acceptors (Lipinski definition) is 4. The monoisotopic (exact) mass is 258 g/mol. The van der Waals surface area contributed by atoms with Gasteiger partial charge in [0.1, 0.15) is 0 Å². The van der Waals surface area contributed by atoms with E-state index in [0.717, 1.165) is 38.5 Å². The summed E-state index contributed by atoms with van der Waals surface area (Å²) in [5.41, 5.74) is 11.4. The first-order chi connectivity index (χ1) is 8.40. The standard InChI is InChI=1S/2C7H15NO/c2*1-5-4-6(8)2-3-7(5)9/h2*5-7,9H,2-4,8H2,1H3/t5-,6+,7-;5-,6-,7-/m10/s1. The molecule has 2 aliphatic rings. The highest BCUT2D eigenvalue weighted by atomic mass is 16.3. The Kier molecular flexibility index (Phi) is 6.57. The van der Waals surface area contributed by atoms with Crippen LogP contribution in [0.3, 0.4) is 0 Å². The minimum absolute atomic E-state index is 0.0928. The van der Waals surface area contributed by atoms with Crippen molar-refractivity contribution in [2.24, 2.45) is 23.3 Å². The highest BCUT2D eigenvalue weighted by Crippen LogP contribution is 2.23. The van der Waals surface area contributed by atoms with E-state index in [2.05, 4.69) is 13.8 Å². The lowest BCUT2D eigenvalue weighted by molar-refractivity contribution is 0.0720. The molecule has 4 heteroatoms. The van der Waals surface area contributed by atoms with Gasteiger partial charge in [0.25, 0.3) is 0 Å². The molecule has 2 fully saturated rings. The Bertz CT molecular complexity index is 214. The summed E-state index contributed by atoms with van der Waals surface area (Å²) in [6.07, 6.45) is 5.55. The number of aliphatic hydroxyl groups is 2. The second-order valence-corrected chi connectivity index (χ2v) is 6.24. The van der Waals surface area contributed by atoms with Gasteiger partial charge >= 0.3 is 0 Å². The molecule has 108 valence electrons. The molecule has 0 bridgehead atoms. The van der Waals surface area contributed by atoms with Crippen LogP contribution < -0.4 is 11.5 Å². The van der Waals surface area contributed by atoms with E-state index < -0.39 is 0 Å². The van der Waals surface area contributed by atoms with Crippen LogP contribution in [0, 0.1) is 11.8 Å². The molecular weight excluding hydrogens is 228 g/mol. The molecule has 0 unspecified atom stereocenters. The smallest absolute Gasteiger partial charge is 0.0566 e. The Morgan fingerprint density at radius 1 is 0.722 bits per heavy atom. The molecule has 0 heterocycles. The van der Waals surface area contributed by atoms with Gasteiger partial charge in [-0.1, -0.05) is 13.8 Å². The average molecular weight is 258 g/mol. The number of hydrogen-bond donors (Lipinski definition) is 4. The van der Waals surface area contributed by atoms with Gasteiger partial charge in [0, 0.05) is 12.1 Å². The molecule has 18 heavy (non-hydrogen) atoms. The summed E-state index contributed by atoms with van der Waals surface area (Å²) in [6.45, 7) is 4.12. The van der Waals surface area contributed by atoms with Gasteiger partial charge in [0.05, 0.1) is 12.2 Å². The highest BCUT2D eigenvalue weighted by molar-refractivity contribution is 4.79. The molecule has 2 rings (SSSR count). The molecule has 6 atom stereocenters. The fourth-order valence-corrected chi connectivity index (χ4v) is 2.84. The van der Waals surface area contributed by atoms with E-state index in [9.17, 15) is 10.2 Å². The van der Waals surface area contributed by atoms with Crippen LogP contribution >= 0.6 is 0 Å². The van der Waals surface area contributed by atoms with Gasteiger partial charge in [-0.25, -0.2) is 0 Å². The Hall–Kier alpha value is -0.160. The third-order valence-electron chi connectivity index (χ3n) is 4.33. The zero-order valence-corrected chi connectivity index (χ0v) is 11.8. The van der Waals surface area contributed by atoms with Gasteiger partial charge in [-0.05, 0) is 50.4 Å². The van der Waals surface area contributed by atoms with Crippen molar-refractivity contribution in [3.8, 4) is 0 Å². The molecule has 0 aromatic rings. The molecule has 0 spiro atoms. The quantitative estimate of drug-likeness (QED) is 0.521. The summed E-state index contributed by atoms with van der Waals surface area (Å²) in [7, 11) is 0. The van der Waals surface area contributed by atoms with E-state index in [1.807, 2.05) is 0 Å². The molecule has 0 aromatic carbocycles. The van der Waals surface area contributed by atoms with E-state index in [1.54, 1.807) is 0 Å². The maximum atomic E-state index is 9.24. The first-order valence-electron chi connectivity index (χ1n) is 7.27. The molecule has 6 N–H and O–H groups in total. The summed E-state index contributed by atoms with van der Waals surface area (Å²) in [5.74, 6) is 0.822. The van der Waals surface area contributed by atoms with Gasteiger partial charge in [-0.3, -0.25) is 0 Å². The predicted molar refractivity (Wildman–Crippen MR) is 74.0 cm³/mol. The van der Waals surface area contributed by atoms with Crippen molar-refractivity contribution in [2.45, 2.75) is 76.7 Å². The first kappa shape index (κ1) is 15.9. The molecule has 2 saturated carbocycles. The van der Waals surface area contributed by atoms with Crippen LogP contribution in [-0.4, -0.2) is 34.5 Å². The van der Waals surface area contributed by atoms with Crippen molar-refractivity contribution in [2.75, 3.05) is 0 Å². The normalized spacial score (nSPS) is 45.0. The zero-order valence-electron chi connectivity index (χ0n) is 11.8. The maximum Gasteiger partial charge on any atom is 0.0566 e. The maximum absolute atomic E-state index is 9.24. The Labute approximate surface area is 111 Å². The largest absolute Gasteiger partial charge is 0.393 e. The van der Waals surface area contributed by atoms with Crippen molar-refractivity contribution in [1.82, 2.24) is 0 Å². The second-order valence-electron chi connectivity index (χ2n) is 6.24. The van der Waals surface area contributed by atoms with E-state index in [1.165, 1.54) is 0 Å². The molecule has 2 aliphatic carbocycles.